The van der Waals surface area contributed by atoms with E-state index >= 15 is 4.39 Å². The van der Waals surface area contributed by atoms with Gasteiger partial charge in [0.25, 0.3) is 0 Å². The number of hydrogen-bond acceptors (Lipinski definition) is 6. The first-order chi connectivity index (χ1) is 16.0. The number of aromatic nitrogens is 1. The smallest absolute Gasteiger partial charge is 0.308 e. The molecule has 1 saturated heterocycles. The Morgan fingerprint density at radius 1 is 1.39 bits per heavy atom. The van der Waals surface area contributed by atoms with E-state index in [1.807, 2.05) is 24.3 Å². The van der Waals surface area contributed by atoms with E-state index in [9.17, 15) is 9.90 Å². The number of rotatable bonds is 10. The van der Waals surface area contributed by atoms with E-state index in [0.29, 0.717) is 30.7 Å². The van der Waals surface area contributed by atoms with E-state index in [2.05, 4.69) is 9.88 Å². The fraction of sp³-hybridized carbons (Fsp3) is 0.440. The van der Waals surface area contributed by atoms with Crippen LogP contribution in [0.2, 0.25) is 0 Å². The Labute approximate surface area is 197 Å². The third kappa shape index (κ3) is 5.86. The zero-order valence-electron chi connectivity index (χ0n) is 18.7. The van der Waals surface area contributed by atoms with Gasteiger partial charge >= 0.3 is 5.97 Å². The van der Waals surface area contributed by atoms with Crippen molar-refractivity contribution in [3.63, 3.8) is 0 Å². The van der Waals surface area contributed by atoms with Gasteiger partial charge in [-0.15, -0.1) is 11.8 Å². The molecule has 1 aliphatic rings. The summed E-state index contributed by atoms with van der Waals surface area (Å²) in [5.41, 5.74) is 1.31. The molecule has 0 radical (unpaired) electrons. The highest BCUT2D eigenvalue weighted by molar-refractivity contribution is 7.99. The number of pyridine rings is 1. The highest BCUT2D eigenvalue weighted by atomic mass is 32.2. The van der Waals surface area contributed by atoms with Crippen LogP contribution in [-0.4, -0.2) is 53.5 Å². The molecule has 3 heterocycles. The number of carboxylic acids is 1. The predicted molar refractivity (Wildman–Crippen MR) is 126 cm³/mol. The van der Waals surface area contributed by atoms with E-state index in [-0.39, 0.29) is 5.92 Å². The van der Waals surface area contributed by atoms with Gasteiger partial charge in [0, 0.05) is 35.3 Å². The monoisotopic (exact) mass is 472 g/mol. The van der Waals surface area contributed by atoms with E-state index in [1.54, 1.807) is 43.7 Å². The van der Waals surface area contributed by atoms with E-state index in [0.717, 1.165) is 41.1 Å². The number of methoxy groups -OCH3 is 1. The number of furan rings is 1. The van der Waals surface area contributed by atoms with Crippen molar-refractivity contribution in [1.29, 1.82) is 0 Å². The highest BCUT2D eigenvalue weighted by Crippen LogP contribution is 2.35. The van der Waals surface area contributed by atoms with Gasteiger partial charge < -0.3 is 19.2 Å². The normalized spacial score (nSPS) is 20.1. The Balaban J connectivity index is 1.34. The predicted octanol–water partition coefficient (Wildman–Crippen LogP) is 5.44. The van der Waals surface area contributed by atoms with Crippen molar-refractivity contribution >= 4 is 28.6 Å². The van der Waals surface area contributed by atoms with Gasteiger partial charge in [0.15, 0.2) is 0 Å². The lowest BCUT2D eigenvalue weighted by atomic mass is 9.81. The van der Waals surface area contributed by atoms with Crippen LogP contribution in [0.15, 0.2) is 58.4 Å². The summed E-state index contributed by atoms with van der Waals surface area (Å²) >= 11 is 1.70. The van der Waals surface area contributed by atoms with Crippen molar-refractivity contribution in [3.8, 4) is 5.75 Å². The molecule has 1 N–H and O–H groups in total. The third-order valence-electron chi connectivity index (χ3n) is 6.44. The summed E-state index contributed by atoms with van der Waals surface area (Å²) in [7, 11) is 1.58. The molecular formula is C25H29FN2O4S. The fourth-order valence-electron chi connectivity index (χ4n) is 4.59. The molecule has 1 aliphatic heterocycles. The number of carbonyl (C=O) groups is 1. The Hall–Kier alpha value is -2.58. The molecular weight excluding hydrogens is 443 g/mol. The number of ether oxygens (including phenoxy) is 1. The molecule has 1 fully saturated rings. The average molecular weight is 473 g/mol. The maximum atomic E-state index is 15.3. The number of halogens is 1. The number of aliphatic carboxylic acids is 1. The lowest BCUT2D eigenvalue weighted by molar-refractivity contribution is -0.146. The van der Waals surface area contributed by atoms with Crippen molar-refractivity contribution in [2.24, 2.45) is 11.8 Å². The topological polar surface area (TPSA) is 75.8 Å². The summed E-state index contributed by atoms with van der Waals surface area (Å²) < 4.78 is 25.7. The second-order valence-electron chi connectivity index (χ2n) is 8.43. The van der Waals surface area contributed by atoms with Crippen LogP contribution in [0.25, 0.3) is 10.9 Å². The van der Waals surface area contributed by atoms with Crippen LogP contribution in [0, 0.1) is 11.8 Å². The number of nitrogens with zero attached hydrogens (tertiary/aromatic N) is 2. The Kier molecular flexibility index (Phi) is 7.88. The maximum Gasteiger partial charge on any atom is 0.308 e. The summed E-state index contributed by atoms with van der Waals surface area (Å²) in [5, 5.41) is 10.6. The molecule has 8 heteroatoms. The minimum Gasteiger partial charge on any atom is -0.497 e. The van der Waals surface area contributed by atoms with Crippen LogP contribution < -0.4 is 4.74 Å². The van der Waals surface area contributed by atoms with Gasteiger partial charge in [0.1, 0.15) is 18.2 Å². The zero-order chi connectivity index (χ0) is 23.2. The lowest BCUT2D eigenvalue weighted by Gasteiger charge is -2.36. The molecule has 0 unspecified atom stereocenters. The number of thioether (sulfide) groups is 1. The molecule has 0 saturated carbocycles. The first kappa shape index (κ1) is 23.6. The van der Waals surface area contributed by atoms with Gasteiger partial charge in [0.2, 0.25) is 0 Å². The van der Waals surface area contributed by atoms with Gasteiger partial charge in [-0.3, -0.25) is 9.78 Å². The lowest BCUT2D eigenvalue weighted by Crippen LogP contribution is -2.44. The first-order valence-corrected chi connectivity index (χ1v) is 12.2. The van der Waals surface area contributed by atoms with E-state index < -0.39 is 18.1 Å². The molecule has 33 heavy (non-hydrogen) atoms. The third-order valence-corrected chi connectivity index (χ3v) is 7.39. The summed E-state index contributed by atoms with van der Waals surface area (Å²) in [5.74, 6) is 0.247. The van der Waals surface area contributed by atoms with Crippen LogP contribution in [0.3, 0.4) is 0 Å². The highest BCUT2D eigenvalue weighted by Gasteiger charge is 2.34. The number of benzene rings is 1. The molecule has 1 aromatic carbocycles. The van der Waals surface area contributed by atoms with Crippen LogP contribution in [0.5, 0.6) is 5.75 Å². The molecule has 3 aromatic rings. The fourth-order valence-corrected chi connectivity index (χ4v) is 5.45. The minimum atomic E-state index is -1.18. The summed E-state index contributed by atoms with van der Waals surface area (Å²) in [4.78, 5) is 19.6. The molecule has 3 atom stereocenters. The standard InChI is InChI=1S/C25H29FN2O4S/c1-31-18-3-5-24-21(14-18)20(6-9-27-24)23(26)4-2-17-7-10-28(15-22(17)25(29)30)11-13-33-19-8-12-32-16-19/h3,5-6,8-9,12,14,16-17,22-23H,2,4,7,10-11,13,15H2,1H3,(H,29,30)/t17-,22+,23-/m1/s1. The maximum absolute atomic E-state index is 15.3. The van der Waals surface area contributed by atoms with Crippen LogP contribution in [-0.2, 0) is 4.79 Å². The largest absolute Gasteiger partial charge is 0.497 e. The molecule has 176 valence electrons. The summed E-state index contributed by atoms with van der Waals surface area (Å²) in [6.45, 7) is 2.17. The zero-order valence-corrected chi connectivity index (χ0v) is 19.5. The minimum absolute atomic E-state index is 0.0267. The molecule has 0 bridgehead atoms. The molecule has 4 rings (SSSR count). The summed E-state index contributed by atoms with van der Waals surface area (Å²) in [6.07, 6.45) is 5.41. The van der Waals surface area contributed by atoms with E-state index in [1.165, 1.54) is 0 Å². The number of likely N-dealkylation sites (tertiary alicyclic amines) is 1. The quantitative estimate of drug-likeness (QED) is 0.394. The number of alkyl halides is 1. The van der Waals surface area contributed by atoms with Gasteiger partial charge in [-0.2, -0.15) is 0 Å². The van der Waals surface area contributed by atoms with Crippen LogP contribution >= 0.6 is 11.8 Å². The van der Waals surface area contributed by atoms with Crippen LogP contribution in [0.1, 0.15) is 31.0 Å². The van der Waals surface area contributed by atoms with Crippen molar-refractivity contribution in [2.75, 3.05) is 32.5 Å². The molecule has 6 nitrogen and oxygen atoms in total. The summed E-state index contributed by atoms with van der Waals surface area (Å²) in [6, 6.07) is 9.08. The average Bonchev–Trinajstić information content (AvgIpc) is 3.35. The Bertz CT molecular complexity index is 1060. The Morgan fingerprint density at radius 2 is 2.27 bits per heavy atom. The van der Waals surface area contributed by atoms with Crippen LogP contribution in [0.4, 0.5) is 4.39 Å². The second-order valence-corrected chi connectivity index (χ2v) is 9.60. The molecule has 0 spiro atoms. The van der Waals surface area contributed by atoms with Gasteiger partial charge in [0.05, 0.1) is 24.8 Å². The second kappa shape index (κ2) is 11.0. The molecule has 2 aromatic heterocycles. The van der Waals surface area contributed by atoms with Gasteiger partial charge in [-0.1, -0.05) is 0 Å². The van der Waals surface area contributed by atoms with Crippen molar-refractivity contribution < 1.29 is 23.4 Å². The van der Waals surface area contributed by atoms with Gasteiger partial charge in [-0.05, 0) is 67.6 Å². The number of hydrogen-bond donors (Lipinski definition) is 1. The van der Waals surface area contributed by atoms with Crippen molar-refractivity contribution in [2.45, 2.75) is 30.3 Å². The molecule has 0 aliphatic carbocycles. The SMILES string of the molecule is COc1ccc2nccc([C@H](F)CC[C@@H]3CCN(CCSc4ccoc4)C[C@@H]3C(=O)O)c2c1. The molecule has 0 amide bonds. The van der Waals surface area contributed by atoms with E-state index in [4.69, 9.17) is 9.15 Å². The van der Waals surface area contributed by atoms with Gasteiger partial charge in [-0.25, -0.2) is 4.39 Å². The number of carboxylic acid groups (broad SMARTS) is 1. The van der Waals surface area contributed by atoms with Crippen molar-refractivity contribution in [3.05, 3.63) is 54.6 Å². The first-order valence-electron chi connectivity index (χ1n) is 11.2. The number of fused-ring (bicyclic) bond motifs is 1. The number of piperidine rings is 1. The Morgan fingerprint density at radius 3 is 3.03 bits per heavy atom. The van der Waals surface area contributed by atoms with Crippen molar-refractivity contribution in [1.82, 2.24) is 9.88 Å².